The summed E-state index contributed by atoms with van der Waals surface area (Å²) in [6.07, 6.45) is 5.66. The van der Waals surface area contributed by atoms with E-state index in [4.69, 9.17) is 0 Å². The molecule has 1 aliphatic heterocycles. The smallest absolute Gasteiger partial charge is 0.326 e. The number of carboxylic acids is 1. The van der Waals surface area contributed by atoms with E-state index in [1.54, 1.807) is 6.20 Å². The maximum atomic E-state index is 13.3. The van der Waals surface area contributed by atoms with Crippen LogP contribution in [-0.4, -0.2) is 69.5 Å². The predicted octanol–water partition coefficient (Wildman–Crippen LogP) is 0.335. The average Bonchev–Trinajstić information content (AvgIpc) is 3.49. The number of aromatic nitrogens is 2. The lowest BCUT2D eigenvalue weighted by Crippen LogP contribution is -2.59. The van der Waals surface area contributed by atoms with E-state index in [1.807, 2.05) is 27.7 Å². The summed E-state index contributed by atoms with van der Waals surface area (Å²) in [5.41, 5.74) is 0.659. The van der Waals surface area contributed by atoms with Crippen LogP contribution in [0.15, 0.2) is 12.5 Å². The van der Waals surface area contributed by atoms with E-state index in [9.17, 15) is 24.3 Å². The number of carbonyl (C=O) groups is 4. The van der Waals surface area contributed by atoms with Gasteiger partial charge < -0.3 is 31.4 Å². The number of nitrogens with one attached hydrogen (secondary N) is 5. The van der Waals surface area contributed by atoms with Crippen molar-refractivity contribution in [3.63, 3.8) is 0 Å². The molecule has 0 bridgehead atoms. The Hall–Kier alpha value is -2.95. The number of amides is 3. The fourth-order valence-electron chi connectivity index (χ4n) is 3.92. The van der Waals surface area contributed by atoms with Crippen molar-refractivity contribution in [1.82, 2.24) is 31.2 Å². The van der Waals surface area contributed by atoms with E-state index in [0.717, 1.165) is 13.0 Å². The molecule has 6 N–H and O–H groups in total. The second kappa shape index (κ2) is 13.1. The largest absolute Gasteiger partial charge is 0.480 e. The Morgan fingerprint density at radius 1 is 1.12 bits per heavy atom. The number of aliphatic carboxylic acids is 1. The topological polar surface area (TPSA) is 165 Å². The minimum atomic E-state index is -1.12. The van der Waals surface area contributed by atoms with Gasteiger partial charge in [0.2, 0.25) is 17.7 Å². The maximum absolute atomic E-state index is 13.3. The second-order valence-corrected chi connectivity index (χ2v) is 9.39. The van der Waals surface area contributed by atoms with Gasteiger partial charge in [-0.1, -0.05) is 34.1 Å². The number of rotatable bonds is 13. The minimum Gasteiger partial charge on any atom is -0.480 e. The lowest BCUT2D eigenvalue weighted by atomic mass is 9.96. The van der Waals surface area contributed by atoms with Crippen molar-refractivity contribution in [2.45, 2.75) is 84.0 Å². The van der Waals surface area contributed by atoms with E-state index in [0.29, 0.717) is 18.5 Å². The number of nitrogens with zero attached hydrogens (tertiary/aromatic N) is 1. The molecule has 0 saturated carbocycles. The van der Waals surface area contributed by atoms with Crippen molar-refractivity contribution in [1.29, 1.82) is 0 Å². The van der Waals surface area contributed by atoms with Gasteiger partial charge in [0.15, 0.2) is 0 Å². The Morgan fingerprint density at radius 2 is 1.85 bits per heavy atom. The van der Waals surface area contributed by atoms with Gasteiger partial charge in [-0.25, -0.2) is 9.78 Å². The molecule has 1 saturated heterocycles. The van der Waals surface area contributed by atoms with Gasteiger partial charge in [0.25, 0.3) is 0 Å². The third-order valence-corrected chi connectivity index (χ3v) is 6.10. The van der Waals surface area contributed by atoms with Crippen LogP contribution in [0, 0.1) is 11.8 Å². The summed E-state index contributed by atoms with van der Waals surface area (Å²) in [6.45, 7) is 8.19. The van der Waals surface area contributed by atoms with Crippen LogP contribution in [0.1, 0.15) is 59.1 Å². The summed E-state index contributed by atoms with van der Waals surface area (Å²) < 4.78 is 0. The summed E-state index contributed by atoms with van der Waals surface area (Å²) in [4.78, 5) is 57.5. The quantitative estimate of drug-likeness (QED) is 0.238. The molecule has 0 radical (unpaired) electrons. The molecule has 3 amide bonds. The van der Waals surface area contributed by atoms with Crippen LogP contribution in [0.2, 0.25) is 0 Å². The van der Waals surface area contributed by atoms with Gasteiger partial charge in [0.1, 0.15) is 18.1 Å². The first-order valence-electron chi connectivity index (χ1n) is 12.0. The summed E-state index contributed by atoms with van der Waals surface area (Å²) >= 11 is 0. The first kappa shape index (κ1) is 27.3. The summed E-state index contributed by atoms with van der Waals surface area (Å²) in [6, 6.07) is -3.29. The van der Waals surface area contributed by atoms with Gasteiger partial charge >= 0.3 is 5.97 Å². The van der Waals surface area contributed by atoms with Crippen molar-refractivity contribution in [2.75, 3.05) is 6.54 Å². The summed E-state index contributed by atoms with van der Waals surface area (Å²) in [7, 11) is 0. The molecule has 5 unspecified atom stereocenters. The molecule has 2 heterocycles. The maximum Gasteiger partial charge on any atom is 0.326 e. The Kier molecular flexibility index (Phi) is 10.5. The molecule has 1 fully saturated rings. The molecule has 5 atom stereocenters. The standard InChI is InChI=1S/C23H38N6O5/c1-5-14(4)19(22(32)28-18(23(33)34)9-13(2)3)29-21(31)17(10-15-11-24-12-26-15)27-20(30)16-7-6-8-25-16/h11-14,16-19,25H,5-10H2,1-4H3,(H,24,26)(H,27,30)(H,28,32)(H,29,31)(H,33,34). The minimum absolute atomic E-state index is 0.0660. The molecule has 2 rings (SSSR count). The lowest BCUT2D eigenvalue weighted by molar-refractivity contribution is -0.143. The fourth-order valence-corrected chi connectivity index (χ4v) is 3.92. The molecule has 11 nitrogen and oxygen atoms in total. The lowest BCUT2D eigenvalue weighted by Gasteiger charge is -2.28. The molecule has 190 valence electrons. The Balaban J connectivity index is 2.16. The predicted molar refractivity (Wildman–Crippen MR) is 126 cm³/mol. The van der Waals surface area contributed by atoms with Gasteiger partial charge in [-0.2, -0.15) is 0 Å². The van der Waals surface area contributed by atoms with E-state index in [-0.39, 0.29) is 36.6 Å². The van der Waals surface area contributed by atoms with Crippen molar-refractivity contribution >= 4 is 23.7 Å². The molecule has 34 heavy (non-hydrogen) atoms. The van der Waals surface area contributed by atoms with Gasteiger partial charge in [0, 0.05) is 18.3 Å². The van der Waals surface area contributed by atoms with Crippen LogP contribution >= 0.6 is 0 Å². The number of carboxylic acid groups (broad SMARTS) is 1. The van der Waals surface area contributed by atoms with Crippen LogP contribution in [0.5, 0.6) is 0 Å². The number of carbonyl (C=O) groups excluding carboxylic acids is 3. The molecular formula is C23H38N6O5. The Bertz CT molecular complexity index is 822. The van der Waals surface area contributed by atoms with Gasteiger partial charge in [0.05, 0.1) is 12.4 Å². The zero-order valence-electron chi connectivity index (χ0n) is 20.4. The zero-order chi connectivity index (χ0) is 25.3. The highest BCUT2D eigenvalue weighted by molar-refractivity contribution is 5.94. The normalized spacial score (nSPS) is 19.1. The molecule has 0 aromatic carbocycles. The van der Waals surface area contributed by atoms with Crippen molar-refractivity contribution in [2.24, 2.45) is 11.8 Å². The SMILES string of the molecule is CCC(C)C(NC(=O)C(Cc1cnc[nH]1)NC(=O)C1CCCN1)C(=O)NC(CC(C)C)C(=O)O. The monoisotopic (exact) mass is 478 g/mol. The Labute approximate surface area is 200 Å². The number of imidazole rings is 1. The van der Waals surface area contributed by atoms with Gasteiger partial charge in [-0.3, -0.25) is 14.4 Å². The second-order valence-electron chi connectivity index (χ2n) is 9.39. The molecule has 1 aromatic heterocycles. The first-order chi connectivity index (χ1) is 16.1. The van der Waals surface area contributed by atoms with Crippen molar-refractivity contribution in [3.8, 4) is 0 Å². The van der Waals surface area contributed by atoms with E-state index >= 15 is 0 Å². The van der Waals surface area contributed by atoms with Crippen LogP contribution in [0.25, 0.3) is 0 Å². The number of aromatic amines is 1. The van der Waals surface area contributed by atoms with E-state index in [2.05, 4.69) is 31.2 Å². The number of hydrogen-bond acceptors (Lipinski definition) is 6. The van der Waals surface area contributed by atoms with Crippen LogP contribution < -0.4 is 21.3 Å². The number of hydrogen-bond donors (Lipinski definition) is 6. The highest BCUT2D eigenvalue weighted by Gasteiger charge is 2.33. The van der Waals surface area contributed by atoms with Gasteiger partial charge in [-0.05, 0) is 37.6 Å². The van der Waals surface area contributed by atoms with E-state index < -0.39 is 35.9 Å². The Morgan fingerprint density at radius 3 is 2.38 bits per heavy atom. The van der Waals surface area contributed by atoms with Gasteiger partial charge in [-0.15, -0.1) is 0 Å². The van der Waals surface area contributed by atoms with E-state index in [1.165, 1.54) is 6.33 Å². The average molecular weight is 479 g/mol. The highest BCUT2D eigenvalue weighted by Crippen LogP contribution is 2.12. The van der Waals surface area contributed by atoms with Crippen LogP contribution in [-0.2, 0) is 25.6 Å². The highest BCUT2D eigenvalue weighted by atomic mass is 16.4. The third kappa shape index (κ3) is 8.12. The molecule has 1 aromatic rings. The molecule has 0 spiro atoms. The summed E-state index contributed by atoms with van der Waals surface area (Å²) in [5, 5.41) is 20.7. The molecule has 0 aliphatic carbocycles. The third-order valence-electron chi connectivity index (χ3n) is 6.10. The zero-order valence-corrected chi connectivity index (χ0v) is 20.4. The van der Waals surface area contributed by atoms with Crippen LogP contribution in [0.3, 0.4) is 0 Å². The molecule has 11 heteroatoms. The first-order valence-corrected chi connectivity index (χ1v) is 12.0. The van der Waals surface area contributed by atoms with Crippen molar-refractivity contribution < 1.29 is 24.3 Å². The van der Waals surface area contributed by atoms with Crippen LogP contribution in [0.4, 0.5) is 0 Å². The molecular weight excluding hydrogens is 440 g/mol. The molecule has 1 aliphatic rings. The fraction of sp³-hybridized carbons (Fsp3) is 0.696. The summed E-state index contributed by atoms with van der Waals surface area (Å²) in [5.74, 6) is -2.65. The number of H-pyrrole nitrogens is 1. The van der Waals surface area contributed by atoms with Crippen molar-refractivity contribution in [3.05, 3.63) is 18.2 Å².